The number of carbonyl (C=O) groups excluding carboxylic acids is 1. The number of hydrogen-bond acceptors (Lipinski definition) is 2. The predicted molar refractivity (Wildman–Crippen MR) is 72.5 cm³/mol. The third-order valence-corrected chi connectivity index (χ3v) is 3.79. The average molecular weight is 302 g/mol. The zero-order valence-corrected chi connectivity index (χ0v) is 11.6. The van der Waals surface area contributed by atoms with Crippen molar-refractivity contribution in [3.63, 3.8) is 0 Å². The van der Waals surface area contributed by atoms with Crippen LogP contribution in [0.2, 0.25) is 10.0 Å². The summed E-state index contributed by atoms with van der Waals surface area (Å²) in [6.07, 6.45) is 1.31. The van der Waals surface area contributed by atoms with Gasteiger partial charge in [0.1, 0.15) is 6.04 Å². The molecular formula is C13H13Cl2NO3. The van der Waals surface area contributed by atoms with E-state index in [1.165, 1.54) is 4.90 Å². The van der Waals surface area contributed by atoms with Gasteiger partial charge in [-0.15, -0.1) is 0 Å². The van der Waals surface area contributed by atoms with Gasteiger partial charge in [0.05, 0.1) is 0 Å². The van der Waals surface area contributed by atoms with Crippen molar-refractivity contribution in [1.29, 1.82) is 0 Å². The number of hydrogen-bond donors (Lipinski definition) is 1. The number of carboxylic acid groups (broad SMARTS) is 1. The molecule has 0 saturated carbocycles. The molecule has 1 fully saturated rings. The van der Waals surface area contributed by atoms with Crippen LogP contribution in [0.4, 0.5) is 0 Å². The lowest BCUT2D eigenvalue weighted by molar-refractivity contribution is -0.148. The number of likely N-dealkylation sites (tertiary alicyclic amines) is 1. The van der Waals surface area contributed by atoms with Crippen LogP contribution >= 0.6 is 23.2 Å². The smallest absolute Gasteiger partial charge is 0.326 e. The normalized spacial score (nSPS) is 16.7. The highest BCUT2D eigenvalue weighted by molar-refractivity contribution is 6.35. The summed E-state index contributed by atoms with van der Waals surface area (Å²) in [6, 6.07) is 4.06. The lowest BCUT2D eigenvalue weighted by Crippen LogP contribution is -2.43. The maximum absolute atomic E-state index is 11.7. The monoisotopic (exact) mass is 301 g/mol. The minimum atomic E-state index is -1.01. The van der Waals surface area contributed by atoms with Gasteiger partial charge in [0.25, 0.3) is 0 Å². The zero-order valence-electron chi connectivity index (χ0n) is 10.1. The molecule has 0 aromatic heterocycles. The van der Waals surface area contributed by atoms with Crippen molar-refractivity contribution >= 4 is 35.1 Å². The number of aliphatic carboxylic acids is 1. The van der Waals surface area contributed by atoms with Crippen LogP contribution in [0.3, 0.4) is 0 Å². The molecule has 0 spiro atoms. The van der Waals surface area contributed by atoms with Crippen molar-refractivity contribution in [2.45, 2.75) is 25.3 Å². The molecule has 1 atom stereocenters. The molecular weight excluding hydrogens is 289 g/mol. The number of amides is 1. The van der Waals surface area contributed by atoms with Gasteiger partial charge in [-0.3, -0.25) is 4.79 Å². The Kier molecular flexibility index (Phi) is 4.32. The molecule has 2 rings (SSSR count). The topological polar surface area (TPSA) is 57.6 Å². The number of benzene rings is 1. The van der Waals surface area contributed by atoms with E-state index in [-0.39, 0.29) is 12.3 Å². The van der Waals surface area contributed by atoms with Gasteiger partial charge in [-0.2, -0.15) is 0 Å². The maximum Gasteiger partial charge on any atom is 0.326 e. The minimum absolute atomic E-state index is 0.113. The second kappa shape index (κ2) is 5.80. The second-order valence-corrected chi connectivity index (χ2v) is 5.33. The fourth-order valence-corrected chi connectivity index (χ4v) is 2.71. The van der Waals surface area contributed by atoms with Crippen LogP contribution in [-0.4, -0.2) is 34.5 Å². The van der Waals surface area contributed by atoms with Crippen molar-refractivity contribution in [1.82, 2.24) is 4.90 Å². The lowest BCUT2D eigenvalue weighted by atomic mass is 10.0. The second-order valence-electron chi connectivity index (χ2n) is 4.48. The SMILES string of the molecule is O=C(O)C(Cc1ccc(Cl)cc1Cl)N1CCCC1=O. The van der Waals surface area contributed by atoms with Gasteiger partial charge in [0, 0.05) is 29.4 Å². The Bertz CT molecular complexity index is 519. The quantitative estimate of drug-likeness (QED) is 0.930. The Morgan fingerprint density at radius 1 is 1.42 bits per heavy atom. The van der Waals surface area contributed by atoms with Crippen LogP contribution in [0.5, 0.6) is 0 Å². The summed E-state index contributed by atoms with van der Waals surface area (Å²) in [7, 11) is 0. The molecule has 1 amide bonds. The van der Waals surface area contributed by atoms with E-state index in [9.17, 15) is 14.7 Å². The van der Waals surface area contributed by atoms with Gasteiger partial charge < -0.3 is 10.0 Å². The number of halogens is 2. The van der Waals surface area contributed by atoms with Crippen molar-refractivity contribution in [3.8, 4) is 0 Å². The van der Waals surface area contributed by atoms with Crippen molar-refractivity contribution < 1.29 is 14.7 Å². The third kappa shape index (κ3) is 3.19. The molecule has 6 heteroatoms. The van der Waals surface area contributed by atoms with E-state index in [1.807, 2.05) is 0 Å². The van der Waals surface area contributed by atoms with E-state index in [1.54, 1.807) is 18.2 Å². The van der Waals surface area contributed by atoms with E-state index in [0.717, 1.165) is 0 Å². The van der Waals surface area contributed by atoms with Crippen molar-refractivity contribution in [2.75, 3.05) is 6.54 Å². The minimum Gasteiger partial charge on any atom is -0.480 e. The zero-order chi connectivity index (χ0) is 14.0. The van der Waals surface area contributed by atoms with E-state index in [0.29, 0.717) is 35.0 Å². The number of nitrogens with zero attached hydrogens (tertiary/aromatic N) is 1. The van der Waals surface area contributed by atoms with Gasteiger partial charge >= 0.3 is 5.97 Å². The van der Waals surface area contributed by atoms with E-state index < -0.39 is 12.0 Å². The van der Waals surface area contributed by atoms with Gasteiger partial charge in [-0.05, 0) is 24.1 Å². The van der Waals surface area contributed by atoms with Gasteiger partial charge in [0.15, 0.2) is 0 Å². The van der Waals surface area contributed by atoms with E-state index in [4.69, 9.17) is 23.2 Å². The summed E-state index contributed by atoms with van der Waals surface area (Å²) in [5, 5.41) is 10.2. The summed E-state index contributed by atoms with van der Waals surface area (Å²) in [6.45, 7) is 0.487. The molecule has 0 radical (unpaired) electrons. The first-order valence-electron chi connectivity index (χ1n) is 5.95. The summed E-state index contributed by atoms with van der Waals surface area (Å²) >= 11 is 11.8. The molecule has 1 heterocycles. The summed E-state index contributed by atoms with van der Waals surface area (Å²) < 4.78 is 0. The maximum atomic E-state index is 11.7. The average Bonchev–Trinajstić information content (AvgIpc) is 2.74. The Labute approximate surface area is 120 Å². The van der Waals surface area contributed by atoms with Crippen LogP contribution in [0.1, 0.15) is 18.4 Å². The van der Waals surface area contributed by atoms with Crippen LogP contribution in [-0.2, 0) is 16.0 Å². The van der Waals surface area contributed by atoms with Crippen LogP contribution < -0.4 is 0 Å². The lowest BCUT2D eigenvalue weighted by Gasteiger charge is -2.24. The Balaban J connectivity index is 2.21. The highest BCUT2D eigenvalue weighted by Crippen LogP contribution is 2.24. The highest BCUT2D eigenvalue weighted by atomic mass is 35.5. The van der Waals surface area contributed by atoms with Crippen LogP contribution in [0.15, 0.2) is 18.2 Å². The van der Waals surface area contributed by atoms with Crippen LogP contribution in [0.25, 0.3) is 0 Å². The van der Waals surface area contributed by atoms with E-state index >= 15 is 0 Å². The molecule has 1 aromatic rings. The molecule has 19 heavy (non-hydrogen) atoms. The molecule has 1 aliphatic rings. The fraction of sp³-hybridized carbons (Fsp3) is 0.385. The standard InChI is InChI=1S/C13H13Cl2NO3/c14-9-4-3-8(10(15)7-9)6-11(13(18)19)16-5-1-2-12(16)17/h3-4,7,11H,1-2,5-6H2,(H,18,19). The number of carbonyl (C=O) groups is 2. The number of rotatable bonds is 4. The third-order valence-electron chi connectivity index (χ3n) is 3.20. The van der Waals surface area contributed by atoms with Crippen molar-refractivity contribution in [3.05, 3.63) is 33.8 Å². The molecule has 1 aliphatic heterocycles. The molecule has 1 N–H and O–H groups in total. The first-order valence-corrected chi connectivity index (χ1v) is 6.71. The van der Waals surface area contributed by atoms with Crippen molar-refractivity contribution in [2.24, 2.45) is 0 Å². The molecule has 1 unspecified atom stereocenters. The number of carboxylic acids is 1. The first kappa shape index (κ1) is 14.2. The molecule has 102 valence electrons. The summed E-state index contributed by atoms with van der Waals surface area (Å²) in [4.78, 5) is 24.4. The van der Waals surface area contributed by atoms with Gasteiger partial charge in [0.2, 0.25) is 5.91 Å². The molecule has 1 saturated heterocycles. The molecule has 0 aliphatic carbocycles. The highest BCUT2D eigenvalue weighted by Gasteiger charge is 2.33. The van der Waals surface area contributed by atoms with Gasteiger partial charge in [-0.25, -0.2) is 4.79 Å². The van der Waals surface area contributed by atoms with Gasteiger partial charge in [-0.1, -0.05) is 29.3 Å². The summed E-state index contributed by atoms with van der Waals surface area (Å²) in [5.41, 5.74) is 0.679. The van der Waals surface area contributed by atoms with E-state index in [2.05, 4.69) is 0 Å². The fourth-order valence-electron chi connectivity index (χ4n) is 2.22. The summed E-state index contributed by atoms with van der Waals surface area (Å²) in [5.74, 6) is -1.13. The Morgan fingerprint density at radius 3 is 2.68 bits per heavy atom. The predicted octanol–water partition coefficient (Wildman–Crippen LogP) is 2.61. The molecule has 1 aromatic carbocycles. The Morgan fingerprint density at radius 2 is 2.16 bits per heavy atom. The molecule has 0 bridgehead atoms. The molecule has 4 nitrogen and oxygen atoms in total. The first-order chi connectivity index (χ1) is 8.99. The Hall–Kier alpha value is -1.26. The largest absolute Gasteiger partial charge is 0.480 e. The van der Waals surface area contributed by atoms with Crippen LogP contribution in [0, 0.1) is 0 Å².